The normalized spacial score (nSPS) is 15.0. The number of nitrogens with one attached hydrogen (secondary N) is 1. The van der Waals surface area contributed by atoms with Gasteiger partial charge in [-0.3, -0.25) is 0 Å². The Kier molecular flexibility index (Phi) is 3.81. The van der Waals surface area contributed by atoms with Gasteiger partial charge in [0.2, 0.25) is 0 Å². The van der Waals surface area contributed by atoms with Crippen LogP contribution in [0.2, 0.25) is 0 Å². The zero-order valence-corrected chi connectivity index (χ0v) is 12.7. The third-order valence-electron chi connectivity index (χ3n) is 3.88. The Bertz CT molecular complexity index is 746. The molecule has 0 bridgehead atoms. The molecule has 0 amide bonds. The molecule has 4 rings (SSSR count). The summed E-state index contributed by atoms with van der Waals surface area (Å²) in [4.78, 5) is 11.2. The molecule has 0 radical (unpaired) electrons. The lowest BCUT2D eigenvalue weighted by Gasteiger charge is -2.27. The maximum atomic E-state index is 5.64. The summed E-state index contributed by atoms with van der Waals surface area (Å²) >= 11 is 0. The Labute approximate surface area is 134 Å². The lowest BCUT2D eigenvalue weighted by atomic mass is 10.2. The van der Waals surface area contributed by atoms with Crippen molar-refractivity contribution in [1.29, 1.82) is 0 Å². The van der Waals surface area contributed by atoms with Gasteiger partial charge in [0.05, 0.1) is 13.2 Å². The van der Waals surface area contributed by atoms with E-state index in [9.17, 15) is 0 Å². The highest BCUT2D eigenvalue weighted by molar-refractivity contribution is 5.74. The SMILES string of the molecule is c1ccc2oc(NCc3ccc(N4CCOCC4)nc3)nc2c1. The maximum Gasteiger partial charge on any atom is 0.295 e. The number of hydrogen-bond acceptors (Lipinski definition) is 6. The summed E-state index contributed by atoms with van der Waals surface area (Å²) in [5.41, 5.74) is 2.73. The number of aromatic nitrogens is 2. The van der Waals surface area contributed by atoms with Gasteiger partial charge in [-0.15, -0.1) is 0 Å². The third kappa shape index (κ3) is 3.12. The summed E-state index contributed by atoms with van der Waals surface area (Å²) in [5, 5.41) is 3.20. The topological polar surface area (TPSA) is 63.4 Å². The molecule has 0 unspecified atom stereocenters. The van der Waals surface area contributed by atoms with Crippen molar-refractivity contribution < 1.29 is 9.15 Å². The summed E-state index contributed by atoms with van der Waals surface area (Å²) in [6, 6.07) is 12.4. The Morgan fingerprint density at radius 3 is 2.74 bits per heavy atom. The number of anilines is 2. The minimum atomic E-state index is 0.531. The molecular formula is C17H18N4O2. The third-order valence-corrected chi connectivity index (χ3v) is 3.88. The molecule has 118 valence electrons. The first-order valence-corrected chi connectivity index (χ1v) is 7.75. The summed E-state index contributed by atoms with van der Waals surface area (Å²) < 4.78 is 11.0. The molecule has 1 N–H and O–H groups in total. The molecule has 6 nitrogen and oxygen atoms in total. The fourth-order valence-corrected chi connectivity index (χ4v) is 2.63. The van der Waals surface area contributed by atoms with Gasteiger partial charge in [0, 0.05) is 25.8 Å². The van der Waals surface area contributed by atoms with E-state index in [-0.39, 0.29) is 0 Å². The molecule has 1 fully saturated rings. The molecule has 0 saturated carbocycles. The first-order valence-electron chi connectivity index (χ1n) is 7.75. The quantitative estimate of drug-likeness (QED) is 0.799. The second-order valence-electron chi connectivity index (χ2n) is 5.46. The van der Waals surface area contributed by atoms with Gasteiger partial charge in [-0.25, -0.2) is 4.98 Å². The predicted octanol–water partition coefficient (Wildman–Crippen LogP) is 2.67. The van der Waals surface area contributed by atoms with Gasteiger partial charge in [-0.05, 0) is 23.8 Å². The molecule has 1 aliphatic rings. The van der Waals surface area contributed by atoms with Crippen molar-refractivity contribution >= 4 is 22.9 Å². The van der Waals surface area contributed by atoms with Gasteiger partial charge in [-0.2, -0.15) is 4.98 Å². The molecule has 1 aliphatic heterocycles. The van der Waals surface area contributed by atoms with Crippen LogP contribution >= 0.6 is 0 Å². The molecule has 1 saturated heterocycles. The first kappa shape index (κ1) is 14.0. The number of nitrogens with zero attached hydrogens (tertiary/aromatic N) is 3. The zero-order chi connectivity index (χ0) is 15.5. The van der Waals surface area contributed by atoms with Crippen LogP contribution in [0.3, 0.4) is 0 Å². The number of oxazole rings is 1. The molecule has 0 spiro atoms. The summed E-state index contributed by atoms with van der Waals surface area (Å²) in [6.07, 6.45) is 1.89. The van der Waals surface area contributed by atoms with Gasteiger partial charge in [-0.1, -0.05) is 18.2 Å². The van der Waals surface area contributed by atoms with Gasteiger partial charge in [0.1, 0.15) is 11.3 Å². The van der Waals surface area contributed by atoms with E-state index in [1.807, 2.05) is 36.5 Å². The minimum Gasteiger partial charge on any atom is -0.424 e. The van der Waals surface area contributed by atoms with Crippen LogP contribution in [0.1, 0.15) is 5.56 Å². The molecule has 6 heteroatoms. The van der Waals surface area contributed by atoms with E-state index in [1.165, 1.54) is 0 Å². The van der Waals surface area contributed by atoms with E-state index in [1.54, 1.807) is 0 Å². The standard InChI is InChI=1S/C17H18N4O2/c1-2-4-15-14(3-1)20-17(23-15)19-12-13-5-6-16(18-11-13)21-7-9-22-10-8-21/h1-6,11H,7-10,12H2,(H,19,20). The summed E-state index contributed by atoms with van der Waals surface area (Å²) in [6.45, 7) is 3.95. The number of ether oxygens (including phenoxy) is 1. The zero-order valence-electron chi connectivity index (χ0n) is 12.7. The minimum absolute atomic E-state index is 0.531. The van der Waals surface area contributed by atoms with Gasteiger partial charge in [0.15, 0.2) is 5.58 Å². The first-order chi connectivity index (χ1) is 11.4. The van der Waals surface area contributed by atoms with Crippen molar-refractivity contribution in [2.75, 3.05) is 36.5 Å². The number of rotatable bonds is 4. The van der Waals surface area contributed by atoms with Crippen LogP contribution in [-0.4, -0.2) is 36.3 Å². The lowest BCUT2D eigenvalue weighted by Crippen LogP contribution is -2.36. The number of fused-ring (bicyclic) bond motifs is 1. The molecule has 0 aliphatic carbocycles. The number of para-hydroxylation sites is 2. The van der Waals surface area contributed by atoms with Crippen molar-refractivity contribution in [3.63, 3.8) is 0 Å². The van der Waals surface area contributed by atoms with Crippen LogP contribution in [0, 0.1) is 0 Å². The van der Waals surface area contributed by atoms with Crippen molar-refractivity contribution in [2.45, 2.75) is 6.54 Å². The molecule has 23 heavy (non-hydrogen) atoms. The number of hydrogen-bond donors (Lipinski definition) is 1. The van der Waals surface area contributed by atoms with E-state index >= 15 is 0 Å². The fourth-order valence-electron chi connectivity index (χ4n) is 2.63. The van der Waals surface area contributed by atoms with Gasteiger partial charge in [0.25, 0.3) is 6.01 Å². The Hall–Kier alpha value is -2.60. The van der Waals surface area contributed by atoms with E-state index in [0.717, 1.165) is 48.8 Å². The second kappa shape index (κ2) is 6.26. The van der Waals surface area contributed by atoms with Crippen LogP contribution in [0.25, 0.3) is 11.1 Å². The number of morpholine rings is 1. The van der Waals surface area contributed by atoms with E-state index in [4.69, 9.17) is 9.15 Å². The monoisotopic (exact) mass is 310 g/mol. The largest absolute Gasteiger partial charge is 0.424 e. The summed E-state index contributed by atoms with van der Waals surface area (Å²) in [5.74, 6) is 0.999. The number of benzene rings is 1. The smallest absolute Gasteiger partial charge is 0.295 e. The Morgan fingerprint density at radius 2 is 1.96 bits per heavy atom. The van der Waals surface area contributed by atoms with Crippen molar-refractivity contribution in [1.82, 2.24) is 9.97 Å². The van der Waals surface area contributed by atoms with Crippen LogP contribution in [0.5, 0.6) is 0 Å². The van der Waals surface area contributed by atoms with Crippen molar-refractivity contribution in [2.24, 2.45) is 0 Å². The molecule has 3 heterocycles. The molecule has 2 aromatic heterocycles. The molecule has 0 atom stereocenters. The van der Waals surface area contributed by atoms with E-state index < -0.39 is 0 Å². The van der Waals surface area contributed by atoms with Crippen molar-refractivity contribution in [3.8, 4) is 0 Å². The fraction of sp³-hybridized carbons (Fsp3) is 0.294. The summed E-state index contributed by atoms with van der Waals surface area (Å²) in [7, 11) is 0. The Balaban J connectivity index is 1.40. The van der Waals surface area contributed by atoms with Crippen LogP contribution < -0.4 is 10.2 Å². The number of pyridine rings is 1. The average Bonchev–Trinajstić information content (AvgIpc) is 3.04. The Morgan fingerprint density at radius 1 is 1.09 bits per heavy atom. The van der Waals surface area contributed by atoms with Crippen LogP contribution in [-0.2, 0) is 11.3 Å². The van der Waals surface area contributed by atoms with Crippen LogP contribution in [0.15, 0.2) is 47.0 Å². The highest BCUT2D eigenvalue weighted by atomic mass is 16.5. The van der Waals surface area contributed by atoms with Gasteiger partial charge < -0.3 is 19.4 Å². The lowest BCUT2D eigenvalue weighted by molar-refractivity contribution is 0.122. The molecule has 1 aromatic carbocycles. The average molecular weight is 310 g/mol. The highest BCUT2D eigenvalue weighted by Crippen LogP contribution is 2.19. The van der Waals surface area contributed by atoms with E-state index in [0.29, 0.717) is 12.6 Å². The molecular weight excluding hydrogens is 292 g/mol. The van der Waals surface area contributed by atoms with Crippen LogP contribution in [0.4, 0.5) is 11.8 Å². The maximum absolute atomic E-state index is 5.64. The molecule has 3 aromatic rings. The second-order valence-corrected chi connectivity index (χ2v) is 5.46. The van der Waals surface area contributed by atoms with Gasteiger partial charge >= 0.3 is 0 Å². The predicted molar refractivity (Wildman–Crippen MR) is 88.6 cm³/mol. The van der Waals surface area contributed by atoms with Crippen molar-refractivity contribution in [3.05, 3.63) is 48.2 Å². The van der Waals surface area contributed by atoms with E-state index in [2.05, 4.69) is 26.3 Å². The highest BCUT2D eigenvalue weighted by Gasteiger charge is 2.12.